The van der Waals surface area contributed by atoms with Crippen LogP contribution in [0.1, 0.15) is 25.3 Å². The fourth-order valence-electron chi connectivity index (χ4n) is 4.46. The lowest BCUT2D eigenvalue weighted by Gasteiger charge is -2.39. The average Bonchev–Trinajstić information content (AvgIpc) is 3.34. The van der Waals surface area contributed by atoms with Crippen molar-refractivity contribution < 1.29 is 14.3 Å². The van der Waals surface area contributed by atoms with E-state index in [-0.39, 0.29) is 11.9 Å². The largest absolute Gasteiger partial charge is 0.486 e. The van der Waals surface area contributed by atoms with Crippen LogP contribution in [0.15, 0.2) is 17.1 Å². The zero-order valence-electron chi connectivity index (χ0n) is 18.4. The third-order valence-electron chi connectivity index (χ3n) is 6.26. The van der Waals surface area contributed by atoms with Crippen LogP contribution in [0.25, 0.3) is 0 Å². The highest BCUT2D eigenvalue weighted by Crippen LogP contribution is 2.38. The molecular formula is C22H32ClN5O3. The molecule has 1 atom stereocenters. The highest BCUT2D eigenvalue weighted by Gasteiger charge is 2.30. The maximum atomic E-state index is 12.7. The Morgan fingerprint density at radius 3 is 2.52 bits per heavy atom. The van der Waals surface area contributed by atoms with E-state index in [1.807, 2.05) is 24.0 Å². The smallest absolute Gasteiger partial charge is 0.239 e. The summed E-state index contributed by atoms with van der Waals surface area (Å²) in [6.45, 7) is 8.85. The number of ether oxygens (including phenoxy) is 2. The maximum Gasteiger partial charge on any atom is 0.239 e. The molecule has 1 amide bonds. The summed E-state index contributed by atoms with van der Waals surface area (Å²) < 4.78 is 11.3. The molecule has 0 saturated carbocycles. The number of carbonyl (C=O) groups excluding carboxylic acids is 1. The number of piperazine rings is 1. The lowest BCUT2D eigenvalue weighted by molar-refractivity contribution is -0.135. The van der Waals surface area contributed by atoms with Crippen molar-refractivity contribution in [2.24, 2.45) is 4.99 Å². The molecule has 0 bridgehead atoms. The van der Waals surface area contributed by atoms with E-state index in [4.69, 9.17) is 21.1 Å². The van der Waals surface area contributed by atoms with Gasteiger partial charge in [-0.1, -0.05) is 11.6 Å². The Morgan fingerprint density at radius 1 is 1.10 bits per heavy atom. The predicted octanol–water partition coefficient (Wildman–Crippen LogP) is 1.82. The number of likely N-dealkylation sites (tertiary alicyclic amines) is 1. The number of carbonyl (C=O) groups is 1. The number of nitrogens with zero attached hydrogens (tertiary/aromatic N) is 4. The van der Waals surface area contributed by atoms with Crippen LogP contribution in [-0.4, -0.2) is 92.1 Å². The second-order valence-electron chi connectivity index (χ2n) is 8.23. The minimum Gasteiger partial charge on any atom is -0.486 e. The second kappa shape index (κ2) is 9.96. The summed E-state index contributed by atoms with van der Waals surface area (Å²) in [6.07, 6.45) is 2.26. The molecule has 3 aliphatic heterocycles. The minimum atomic E-state index is -0.0601. The zero-order valence-corrected chi connectivity index (χ0v) is 19.2. The van der Waals surface area contributed by atoms with Crippen molar-refractivity contribution in [1.82, 2.24) is 20.0 Å². The molecule has 3 aliphatic rings. The number of benzene rings is 1. The van der Waals surface area contributed by atoms with Crippen molar-refractivity contribution >= 4 is 23.5 Å². The van der Waals surface area contributed by atoms with E-state index in [9.17, 15) is 4.79 Å². The van der Waals surface area contributed by atoms with Gasteiger partial charge in [-0.2, -0.15) is 0 Å². The molecule has 9 heteroatoms. The molecule has 2 saturated heterocycles. The molecule has 0 aliphatic carbocycles. The van der Waals surface area contributed by atoms with Gasteiger partial charge in [-0.15, -0.1) is 0 Å². The van der Waals surface area contributed by atoms with Gasteiger partial charge in [0.15, 0.2) is 17.5 Å². The van der Waals surface area contributed by atoms with Crippen LogP contribution in [0.5, 0.6) is 11.5 Å². The van der Waals surface area contributed by atoms with Crippen LogP contribution < -0.4 is 14.8 Å². The third-order valence-corrected chi connectivity index (χ3v) is 6.54. The lowest BCUT2D eigenvalue weighted by Crippen LogP contribution is -2.57. The number of hydrogen-bond acceptors (Lipinski definition) is 5. The number of fused-ring (bicyclic) bond motifs is 1. The summed E-state index contributed by atoms with van der Waals surface area (Å²) in [7, 11) is 1.80. The van der Waals surface area contributed by atoms with E-state index in [0.29, 0.717) is 36.3 Å². The Balaban J connectivity index is 1.30. The van der Waals surface area contributed by atoms with Gasteiger partial charge in [0.2, 0.25) is 5.91 Å². The highest BCUT2D eigenvalue weighted by molar-refractivity contribution is 6.32. The number of amides is 1. The monoisotopic (exact) mass is 449 g/mol. The maximum absolute atomic E-state index is 12.7. The first-order chi connectivity index (χ1) is 15.1. The summed E-state index contributed by atoms with van der Waals surface area (Å²) in [6, 6.07) is 3.80. The standard InChI is InChI=1S/C22H32ClN5O3/c1-16(21(29)27-5-3-4-6-27)26-7-9-28(10-8-26)22(24-2)25-15-17-13-18(23)20-19(14-17)30-11-12-31-20/h13-14,16H,3-12,15H2,1-2H3,(H,24,25). The van der Waals surface area contributed by atoms with Gasteiger partial charge in [0.1, 0.15) is 13.2 Å². The van der Waals surface area contributed by atoms with Crippen LogP contribution in [0.2, 0.25) is 5.02 Å². The first-order valence-electron chi connectivity index (χ1n) is 11.1. The van der Waals surface area contributed by atoms with Gasteiger partial charge >= 0.3 is 0 Å². The van der Waals surface area contributed by atoms with E-state index in [1.165, 1.54) is 0 Å². The summed E-state index contributed by atoms with van der Waals surface area (Å²) in [4.78, 5) is 23.7. The van der Waals surface area contributed by atoms with Gasteiger partial charge in [-0.05, 0) is 37.5 Å². The van der Waals surface area contributed by atoms with Crippen molar-refractivity contribution in [3.63, 3.8) is 0 Å². The predicted molar refractivity (Wildman–Crippen MR) is 121 cm³/mol. The molecule has 31 heavy (non-hydrogen) atoms. The van der Waals surface area contributed by atoms with Crippen LogP contribution >= 0.6 is 11.6 Å². The summed E-state index contributed by atoms with van der Waals surface area (Å²) in [5.74, 6) is 2.43. The molecule has 3 heterocycles. The van der Waals surface area contributed by atoms with Gasteiger partial charge < -0.3 is 24.6 Å². The Hall–Kier alpha value is -2.19. The van der Waals surface area contributed by atoms with Gasteiger partial charge in [0.25, 0.3) is 0 Å². The third kappa shape index (κ3) is 5.01. The molecule has 1 aromatic rings. The molecule has 8 nitrogen and oxygen atoms in total. The summed E-state index contributed by atoms with van der Waals surface area (Å²) in [5.41, 5.74) is 1.01. The van der Waals surface area contributed by atoms with E-state index in [2.05, 4.69) is 20.1 Å². The molecule has 4 rings (SSSR count). The quantitative estimate of drug-likeness (QED) is 0.558. The van der Waals surface area contributed by atoms with Crippen LogP contribution in [-0.2, 0) is 11.3 Å². The number of hydrogen-bond donors (Lipinski definition) is 1. The fraction of sp³-hybridized carbons (Fsp3) is 0.636. The number of aliphatic imine (C=N–C) groups is 1. The Labute approximate surface area is 189 Å². The van der Waals surface area contributed by atoms with E-state index in [1.54, 1.807) is 7.05 Å². The number of rotatable bonds is 4. The van der Waals surface area contributed by atoms with Crippen molar-refractivity contribution in [2.45, 2.75) is 32.4 Å². The van der Waals surface area contributed by atoms with Gasteiger partial charge in [-0.25, -0.2) is 0 Å². The van der Waals surface area contributed by atoms with Gasteiger partial charge in [-0.3, -0.25) is 14.7 Å². The SMILES string of the molecule is CN=C(NCc1cc(Cl)c2c(c1)OCCO2)N1CCN(C(C)C(=O)N2CCCC2)CC1. The second-order valence-corrected chi connectivity index (χ2v) is 8.64. The topological polar surface area (TPSA) is 69.6 Å². The molecule has 0 aromatic heterocycles. The Bertz CT molecular complexity index is 820. The first kappa shape index (κ1) is 22.0. The summed E-state index contributed by atoms with van der Waals surface area (Å²) >= 11 is 6.35. The molecule has 2 fully saturated rings. The van der Waals surface area contributed by atoms with Crippen molar-refractivity contribution in [1.29, 1.82) is 0 Å². The Morgan fingerprint density at radius 2 is 1.81 bits per heavy atom. The lowest BCUT2D eigenvalue weighted by atomic mass is 10.2. The fourth-order valence-corrected chi connectivity index (χ4v) is 4.75. The number of nitrogens with one attached hydrogen (secondary N) is 1. The van der Waals surface area contributed by atoms with Gasteiger partial charge in [0, 0.05) is 52.9 Å². The van der Waals surface area contributed by atoms with Crippen molar-refractivity contribution in [2.75, 3.05) is 59.5 Å². The van der Waals surface area contributed by atoms with E-state index >= 15 is 0 Å². The van der Waals surface area contributed by atoms with Crippen molar-refractivity contribution in [3.05, 3.63) is 22.7 Å². The highest BCUT2D eigenvalue weighted by atomic mass is 35.5. The molecule has 1 N–H and O–H groups in total. The molecular weight excluding hydrogens is 418 g/mol. The molecule has 1 aromatic carbocycles. The van der Waals surface area contributed by atoms with Gasteiger partial charge in [0.05, 0.1) is 11.1 Å². The Kier molecular flexibility index (Phi) is 7.07. The zero-order chi connectivity index (χ0) is 21.8. The number of halogens is 1. The van der Waals surface area contributed by atoms with Crippen LogP contribution in [0.3, 0.4) is 0 Å². The average molecular weight is 450 g/mol. The van der Waals surface area contributed by atoms with Crippen LogP contribution in [0, 0.1) is 0 Å². The van der Waals surface area contributed by atoms with Crippen molar-refractivity contribution in [3.8, 4) is 11.5 Å². The first-order valence-corrected chi connectivity index (χ1v) is 11.5. The molecule has 1 unspecified atom stereocenters. The van der Waals surface area contributed by atoms with E-state index < -0.39 is 0 Å². The molecule has 0 spiro atoms. The normalized spacial score (nSPS) is 20.7. The summed E-state index contributed by atoms with van der Waals surface area (Å²) in [5, 5.41) is 3.99. The van der Waals surface area contributed by atoms with E-state index in [0.717, 1.165) is 63.6 Å². The van der Waals surface area contributed by atoms with Crippen LogP contribution in [0.4, 0.5) is 0 Å². The minimum absolute atomic E-state index is 0.0601. The molecule has 170 valence electrons. The number of guanidine groups is 1. The molecule has 0 radical (unpaired) electrons.